The first kappa shape index (κ1) is 26.4. The molecule has 32 heavy (non-hydrogen) atoms. The highest BCUT2D eigenvalue weighted by Gasteiger charge is 2.50. The van der Waals surface area contributed by atoms with Gasteiger partial charge >= 0.3 is 14.2 Å². The summed E-state index contributed by atoms with van der Waals surface area (Å²) >= 11 is 0. The molecule has 1 fully saturated rings. The zero-order valence-corrected chi connectivity index (χ0v) is 20.3. The van der Waals surface area contributed by atoms with Gasteiger partial charge in [-0.2, -0.15) is 5.06 Å². The molecule has 1 aromatic rings. The summed E-state index contributed by atoms with van der Waals surface area (Å²) in [6.45, 7) is 8.02. The molecule has 2 rings (SSSR count). The first-order valence-corrected chi connectivity index (χ1v) is 11.3. The molecule has 0 aliphatic carbocycles. The van der Waals surface area contributed by atoms with Crippen LogP contribution in [0, 0.1) is 11.5 Å². The topological polar surface area (TPSA) is 131 Å². The minimum absolute atomic E-state index is 0.0341. The number of aromatic nitrogens is 2. The lowest BCUT2D eigenvalue weighted by Crippen LogP contribution is -2.42. The second kappa shape index (κ2) is 11.9. The molecular weight excluding hydrogens is 441 g/mol. The van der Waals surface area contributed by atoms with E-state index in [1.54, 1.807) is 20.4 Å². The Morgan fingerprint density at radius 2 is 1.91 bits per heavy atom. The van der Waals surface area contributed by atoms with Crippen LogP contribution < -0.4 is 11.2 Å². The smallest absolute Gasteiger partial charge is 0.333 e. The van der Waals surface area contributed by atoms with Crippen LogP contribution in [0.2, 0.25) is 0 Å². The fourth-order valence-electron chi connectivity index (χ4n) is 3.53. The third kappa shape index (κ3) is 6.36. The lowest BCUT2D eigenvalue weighted by atomic mass is 10.1. The molecule has 0 spiro atoms. The number of methoxy groups -OCH3 is 1. The number of nitrogens with zero attached hydrogens (tertiary/aromatic N) is 4. The Kier molecular flexibility index (Phi) is 9.79. The van der Waals surface area contributed by atoms with Crippen LogP contribution >= 0.6 is 8.53 Å². The van der Waals surface area contributed by atoms with Crippen LogP contribution in [0.15, 0.2) is 21.9 Å². The van der Waals surface area contributed by atoms with Crippen LogP contribution in [0.3, 0.4) is 0 Å². The normalized spacial score (nSPS) is 24.4. The Morgan fingerprint density at radius 1 is 1.25 bits per heavy atom. The number of aromatic amines is 1. The zero-order chi connectivity index (χ0) is 24.0. The van der Waals surface area contributed by atoms with E-state index in [0.29, 0.717) is 0 Å². The van der Waals surface area contributed by atoms with Crippen LogP contribution in [0.4, 0.5) is 0 Å². The molecule has 5 atom stereocenters. The second-order valence-corrected chi connectivity index (χ2v) is 9.28. The van der Waals surface area contributed by atoms with Crippen molar-refractivity contribution >= 4 is 8.53 Å². The average molecular weight is 473 g/mol. The predicted molar refractivity (Wildman–Crippen MR) is 116 cm³/mol. The van der Waals surface area contributed by atoms with E-state index in [1.165, 1.54) is 29.0 Å². The number of nitriles is 1. The molecule has 0 saturated carbocycles. The highest BCUT2D eigenvalue weighted by atomic mass is 31.2. The molecule has 13 heteroatoms. The minimum Gasteiger partial charge on any atom is -0.374 e. The number of hydrogen-bond acceptors (Lipinski definition) is 10. The van der Waals surface area contributed by atoms with E-state index < -0.39 is 44.3 Å². The molecule has 3 unspecified atom stereocenters. The fraction of sp³-hybridized carbons (Fsp3) is 0.737. The van der Waals surface area contributed by atoms with E-state index in [-0.39, 0.29) is 18.7 Å². The van der Waals surface area contributed by atoms with Gasteiger partial charge in [-0.3, -0.25) is 19.2 Å². The van der Waals surface area contributed by atoms with Gasteiger partial charge < -0.3 is 18.5 Å². The maximum absolute atomic E-state index is 12.4. The Hall–Kier alpha value is -1.84. The van der Waals surface area contributed by atoms with E-state index in [0.717, 1.165) is 0 Å². The standard InChI is InChI=1S/C19H32N5O7P/c1-12(2)24(13(3)4)32(29-11-20)31-16-14(10-28-22(5)6)30-18(17(16)27-7)23-9-8-15(25)21-19(23)26/h8-9,12-14,16-18H,10H2,1-7H3,(H,21,25,26)/t14-,16?,17?,18-,32?/m1/s1. The molecule has 12 nitrogen and oxygen atoms in total. The van der Waals surface area contributed by atoms with Crippen molar-refractivity contribution < 1.29 is 23.4 Å². The van der Waals surface area contributed by atoms with Crippen molar-refractivity contribution in [2.24, 2.45) is 0 Å². The first-order chi connectivity index (χ1) is 15.1. The fourth-order valence-corrected chi connectivity index (χ4v) is 5.06. The van der Waals surface area contributed by atoms with E-state index in [9.17, 15) is 14.9 Å². The average Bonchev–Trinajstić information content (AvgIpc) is 3.03. The second-order valence-electron chi connectivity index (χ2n) is 7.95. The Labute approximate surface area is 188 Å². The minimum atomic E-state index is -1.80. The van der Waals surface area contributed by atoms with Crippen molar-refractivity contribution in [3.8, 4) is 6.26 Å². The van der Waals surface area contributed by atoms with Gasteiger partial charge in [0.05, 0.1) is 6.61 Å². The number of nitrogens with one attached hydrogen (secondary N) is 1. The van der Waals surface area contributed by atoms with Gasteiger partial charge in [0.15, 0.2) is 6.23 Å². The molecular formula is C19H32N5O7P. The molecule has 0 aromatic carbocycles. The van der Waals surface area contributed by atoms with Crippen molar-refractivity contribution in [1.82, 2.24) is 19.3 Å². The Morgan fingerprint density at radius 3 is 2.41 bits per heavy atom. The molecule has 1 saturated heterocycles. The highest BCUT2D eigenvalue weighted by Crippen LogP contribution is 2.50. The van der Waals surface area contributed by atoms with Crippen LogP contribution in [0.1, 0.15) is 33.9 Å². The molecule has 2 heterocycles. The summed E-state index contributed by atoms with van der Waals surface area (Å²) in [5.41, 5.74) is -1.16. The van der Waals surface area contributed by atoms with Crippen molar-refractivity contribution in [2.45, 2.75) is 64.3 Å². The lowest BCUT2D eigenvalue weighted by Gasteiger charge is -2.36. The Balaban J connectivity index is 2.42. The van der Waals surface area contributed by atoms with Crippen LogP contribution in [0.5, 0.6) is 0 Å². The number of hydrogen-bond donors (Lipinski definition) is 1. The molecule has 1 N–H and O–H groups in total. The van der Waals surface area contributed by atoms with Crippen LogP contribution in [0.25, 0.3) is 0 Å². The summed E-state index contributed by atoms with van der Waals surface area (Å²) in [6, 6.07) is 1.29. The summed E-state index contributed by atoms with van der Waals surface area (Å²) in [7, 11) is 3.13. The number of hydroxylamine groups is 2. The maximum atomic E-state index is 12.4. The quantitative estimate of drug-likeness (QED) is 0.284. The van der Waals surface area contributed by atoms with Gasteiger partial charge in [-0.15, -0.1) is 5.26 Å². The van der Waals surface area contributed by atoms with Gasteiger partial charge in [-0.1, -0.05) is 0 Å². The summed E-state index contributed by atoms with van der Waals surface area (Å²) in [4.78, 5) is 31.7. The first-order valence-electron chi connectivity index (χ1n) is 10.2. The molecule has 0 radical (unpaired) electrons. The van der Waals surface area contributed by atoms with Gasteiger partial charge in [0.1, 0.15) is 18.3 Å². The predicted octanol–water partition coefficient (Wildman–Crippen LogP) is 1.17. The SMILES string of the molecule is COC1C(OP(OC#N)N(C(C)C)C(C)C)[C@@H](CON(C)C)O[C@H]1n1ccc(=O)[nH]c1=O. The molecule has 0 amide bonds. The van der Waals surface area contributed by atoms with Gasteiger partial charge in [-0.05, 0) is 27.7 Å². The van der Waals surface area contributed by atoms with E-state index in [1.807, 2.05) is 32.4 Å². The highest BCUT2D eigenvalue weighted by molar-refractivity contribution is 7.44. The Bertz CT molecular complexity index is 876. The number of rotatable bonds is 11. The van der Waals surface area contributed by atoms with Crippen molar-refractivity contribution in [2.75, 3.05) is 27.8 Å². The monoisotopic (exact) mass is 473 g/mol. The van der Waals surface area contributed by atoms with Crippen molar-refractivity contribution in [3.05, 3.63) is 33.1 Å². The third-order valence-electron chi connectivity index (χ3n) is 4.76. The zero-order valence-electron chi connectivity index (χ0n) is 19.4. The molecule has 0 bridgehead atoms. The third-order valence-corrected chi connectivity index (χ3v) is 6.72. The van der Waals surface area contributed by atoms with Crippen LogP contribution in [-0.4, -0.2) is 77.5 Å². The maximum Gasteiger partial charge on any atom is 0.333 e. The summed E-state index contributed by atoms with van der Waals surface area (Å²) in [6.07, 6.45) is 0.0482. The van der Waals surface area contributed by atoms with Gasteiger partial charge in [-0.25, -0.2) is 9.46 Å². The van der Waals surface area contributed by atoms with Gasteiger partial charge in [0.25, 0.3) is 11.8 Å². The van der Waals surface area contributed by atoms with E-state index in [2.05, 4.69) is 4.98 Å². The summed E-state index contributed by atoms with van der Waals surface area (Å²) < 4.78 is 26.6. The number of ether oxygens (including phenoxy) is 2. The van der Waals surface area contributed by atoms with Crippen molar-refractivity contribution in [1.29, 1.82) is 5.26 Å². The molecule has 1 aliphatic rings. The molecule has 180 valence electrons. The molecule has 1 aliphatic heterocycles. The number of H-pyrrole nitrogens is 1. The summed E-state index contributed by atoms with van der Waals surface area (Å²) in [5, 5.41) is 10.8. The van der Waals surface area contributed by atoms with E-state index in [4.69, 9.17) is 23.4 Å². The summed E-state index contributed by atoms with van der Waals surface area (Å²) in [5.74, 6) is 0. The van der Waals surface area contributed by atoms with Gasteiger partial charge in [0.2, 0.25) is 0 Å². The largest absolute Gasteiger partial charge is 0.374 e. The van der Waals surface area contributed by atoms with E-state index >= 15 is 0 Å². The molecule has 1 aromatic heterocycles. The van der Waals surface area contributed by atoms with Crippen LogP contribution in [-0.2, 0) is 23.4 Å². The lowest BCUT2D eigenvalue weighted by molar-refractivity contribution is -0.164. The van der Waals surface area contributed by atoms with Crippen molar-refractivity contribution in [3.63, 3.8) is 0 Å². The van der Waals surface area contributed by atoms with Gasteiger partial charge in [0, 0.05) is 45.6 Å².